The van der Waals surface area contributed by atoms with Crippen LogP contribution >= 0.6 is 27.3 Å². The number of hydrogen-bond acceptors (Lipinski definition) is 2. The van der Waals surface area contributed by atoms with Gasteiger partial charge in [0.05, 0.1) is 6.61 Å². The topological polar surface area (TPSA) is 20.2 Å². The molecule has 2 aromatic rings. The zero-order chi connectivity index (χ0) is 12.3. The van der Waals surface area contributed by atoms with E-state index >= 15 is 0 Å². The largest absolute Gasteiger partial charge is 0.396 e. The molecule has 0 bridgehead atoms. The first-order valence-electron chi connectivity index (χ1n) is 5.60. The highest BCUT2D eigenvalue weighted by molar-refractivity contribution is 9.10. The summed E-state index contributed by atoms with van der Waals surface area (Å²) in [5, 5.41) is 11.7. The molecule has 0 aliphatic rings. The van der Waals surface area contributed by atoms with Crippen LogP contribution in [0.25, 0.3) is 0 Å². The van der Waals surface area contributed by atoms with Crippen LogP contribution in [-0.4, -0.2) is 11.7 Å². The van der Waals surface area contributed by atoms with Crippen molar-refractivity contribution in [2.45, 2.75) is 19.3 Å². The smallest absolute Gasteiger partial charge is 0.0503 e. The molecule has 0 aliphatic carbocycles. The maximum atomic E-state index is 9.58. The summed E-state index contributed by atoms with van der Waals surface area (Å²) in [5.41, 5.74) is 2.49. The van der Waals surface area contributed by atoms with Gasteiger partial charge in [0.2, 0.25) is 0 Å². The molecule has 1 N–H and O–H groups in total. The van der Waals surface area contributed by atoms with Gasteiger partial charge in [0.25, 0.3) is 0 Å². The molecule has 0 fully saturated rings. The highest BCUT2D eigenvalue weighted by Gasteiger charge is 2.15. The number of hydrogen-bond donors (Lipinski definition) is 1. The average Bonchev–Trinajstić information content (AvgIpc) is 2.73. The van der Waals surface area contributed by atoms with Gasteiger partial charge in [0, 0.05) is 15.3 Å². The third kappa shape index (κ3) is 2.97. The van der Waals surface area contributed by atoms with Crippen LogP contribution in [0.3, 0.4) is 0 Å². The second-order valence-electron chi connectivity index (χ2n) is 4.13. The molecule has 1 unspecified atom stereocenters. The van der Waals surface area contributed by atoms with Crippen LogP contribution in [-0.2, 0) is 6.42 Å². The summed E-state index contributed by atoms with van der Waals surface area (Å²) >= 11 is 5.28. The second-order valence-corrected chi connectivity index (χ2v) is 5.99. The quantitative estimate of drug-likeness (QED) is 0.900. The number of halogens is 1. The van der Waals surface area contributed by atoms with Crippen LogP contribution in [0.2, 0.25) is 0 Å². The highest BCUT2D eigenvalue weighted by Crippen LogP contribution is 2.30. The Morgan fingerprint density at radius 3 is 2.65 bits per heavy atom. The molecule has 90 valence electrons. The summed E-state index contributed by atoms with van der Waals surface area (Å²) in [7, 11) is 0. The summed E-state index contributed by atoms with van der Waals surface area (Å²) in [6.45, 7) is 2.29. The van der Waals surface area contributed by atoms with Gasteiger partial charge >= 0.3 is 0 Å². The fourth-order valence-electron chi connectivity index (χ4n) is 2.01. The van der Waals surface area contributed by atoms with Gasteiger partial charge < -0.3 is 5.11 Å². The molecule has 1 heterocycles. The van der Waals surface area contributed by atoms with Crippen molar-refractivity contribution in [1.82, 2.24) is 0 Å². The minimum absolute atomic E-state index is 0.186. The first-order chi connectivity index (χ1) is 8.22. The molecule has 1 atom stereocenters. The van der Waals surface area contributed by atoms with Crippen molar-refractivity contribution in [3.63, 3.8) is 0 Å². The summed E-state index contributed by atoms with van der Waals surface area (Å²) < 4.78 is 1.15. The first kappa shape index (κ1) is 12.8. The number of thiophene rings is 1. The van der Waals surface area contributed by atoms with E-state index in [1.165, 1.54) is 16.0 Å². The van der Waals surface area contributed by atoms with Gasteiger partial charge in [-0.1, -0.05) is 24.3 Å². The average molecular weight is 311 g/mol. The Kier molecular flexibility index (Phi) is 4.37. The molecule has 0 saturated carbocycles. The van der Waals surface area contributed by atoms with Gasteiger partial charge in [-0.2, -0.15) is 0 Å². The lowest BCUT2D eigenvalue weighted by molar-refractivity contribution is 0.264. The van der Waals surface area contributed by atoms with Crippen molar-refractivity contribution in [2.75, 3.05) is 6.61 Å². The van der Waals surface area contributed by atoms with E-state index in [9.17, 15) is 5.11 Å². The summed E-state index contributed by atoms with van der Waals surface area (Å²) in [6.07, 6.45) is 0.888. The van der Waals surface area contributed by atoms with Gasteiger partial charge in [-0.05, 0) is 51.8 Å². The lowest BCUT2D eigenvalue weighted by Gasteiger charge is -2.16. The van der Waals surface area contributed by atoms with Crippen LogP contribution in [0.1, 0.15) is 21.9 Å². The zero-order valence-electron chi connectivity index (χ0n) is 9.69. The van der Waals surface area contributed by atoms with Crippen LogP contribution in [0.4, 0.5) is 0 Å². The maximum Gasteiger partial charge on any atom is 0.0503 e. The summed E-state index contributed by atoms with van der Waals surface area (Å²) in [5.74, 6) is 0.186. The molecule has 17 heavy (non-hydrogen) atoms. The zero-order valence-corrected chi connectivity index (χ0v) is 12.1. The molecule has 1 nitrogen and oxygen atoms in total. The highest BCUT2D eigenvalue weighted by atomic mass is 79.9. The predicted molar refractivity (Wildman–Crippen MR) is 76.7 cm³/mol. The number of aryl methyl sites for hydroxylation is 1. The van der Waals surface area contributed by atoms with Crippen molar-refractivity contribution in [3.8, 4) is 0 Å². The Morgan fingerprint density at radius 1 is 1.29 bits per heavy atom. The van der Waals surface area contributed by atoms with Gasteiger partial charge in [-0.25, -0.2) is 0 Å². The fraction of sp³-hybridized carbons (Fsp3) is 0.286. The third-order valence-corrected chi connectivity index (χ3v) is 4.92. The number of aliphatic hydroxyl groups is 1. The van der Waals surface area contributed by atoms with Gasteiger partial charge in [0.1, 0.15) is 0 Å². The Bertz CT molecular complexity index is 492. The van der Waals surface area contributed by atoms with Crippen LogP contribution < -0.4 is 0 Å². The Morgan fingerprint density at radius 2 is 2.06 bits per heavy atom. The molecule has 0 aliphatic heterocycles. The molecular formula is C14H15BrOS. The third-order valence-electron chi connectivity index (χ3n) is 2.97. The van der Waals surface area contributed by atoms with Crippen molar-refractivity contribution in [1.29, 1.82) is 0 Å². The Balaban J connectivity index is 2.23. The maximum absolute atomic E-state index is 9.58. The van der Waals surface area contributed by atoms with Crippen molar-refractivity contribution < 1.29 is 5.11 Å². The minimum Gasteiger partial charge on any atom is -0.396 e. The van der Waals surface area contributed by atoms with E-state index in [-0.39, 0.29) is 12.5 Å². The van der Waals surface area contributed by atoms with E-state index in [0.717, 1.165) is 10.9 Å². The SMILES string of the molecule is Cc1ccccc1C(CO)Cc1sccc1Br. The van der Waals surface area contributed by atoms with Crippen LogP contribution in [0.15, 0.2) is 40.2 Å². The van der Waals surface area contributed by atoms with Gasteiger partial charge in [-0.15, -0.1) is 11.3 Å². The van der Waals surface area contributed by atoms with Crippen LogP contribution in [0.5, 0.6) is 0 Å². The fourth-order valence-corrected chi connectivity index (χ4v) is 3.61. The molecule has 1 aromatic carbocycles. The molecule has 3 heteroatoms. The monoisotopic (exact) mass is 310 g/mol. The molecule has 1 aromatic heterocycles. The number of aliphatic hydroxyl groups excluding tert-OH is 1. The summed E-state index contributed by atoms with van der Waals surface area (Å²) in [6, 6.07) is 10.3. The molecule has 0 spiro atoms. The van der Waals surface area contributed by atoms with Crippen LogP contribution in [0, 0.1) is 6.92 Å². The van der Waals surface area contributed by atoms with Crippen molar-refractivity contribution in [3.05, 3.63) is 56.2 Å². The standard InChI is InChI=1S/C14H15BrOS/c1-10-4-2-3-5-12(10)11(9-16)8-14-13(15)6-7-17-14/h2-7,11,16H,8-9H2,1H3. The van der Waals surface area contributed by atoms with Gasteiger partial charge in [0.15, 0.2) is 0 Å². The predicted octanol–water partition coefficient (Wildman–Crippen LogP) is 4.14. The van der Waals surface area contributed by atoms with E-state index in [0.29, 0.717) is 0 Å². The van der Waals surface area contributed by atoms with Gasteiger partial charge in [-0.3, -0.25) is 0 Å². The molecule has 0 saturated heterocycles. The minimum atomic E-state index is 0.186. The number of benzene rings is 1. The number of rotatable bonds is 4. The summed E-state index contributed by atoms with van der Waals surface area (Å²) in [4.78, 5) is 1.30. The van der Waals surface area contributed by atoms with Crippen molar-refractivity contribution in [2.24, 2.45) is 0 Å². The molecule has 0 radical (unpaired) electrons. The van der Waals surface area contributed by atoms with E-state index < -0.39 is 0 Å². The normalized spacial score (nSPS) is 12.6. The first-order valence-corrected chi connectivity index (χ1v) is 7.28. The Labute approximate surface area is 114 Å². The second kappa shape index (κ2) is 5.80. The molecular weight excluding hydrogens is 296 g/mol. The van der Waals surface area contributed by atoms with E-state index in [1.807, 2.05) is 12.1 Å². The Hall–Kier alpha value is -0.640. The van der Waals surface area contributed by atoms with E-state index in [1.54, 1.807) is 11.3 Å². The van der Waals surface area contributed by atoms with E-state index in [2.05, 4.69) is 46.4 Å². The molecule has 2 rings (SSSR count). The van der Waals surface area contributed by atoms with Crippen molar-refractivity contribution >= 4 is 27.3 Å². The lowest BCUT2D eigenvalue weighted by Crippen LogP contribution is -2.08. The van der Waals surface area contributed by atoms with E-state index in [4.69, 9.17) is 0 Å². The molecule has 0 amide bonds. The lowest BCUT2D eigenvalue weighted by atomic mass is 9.92.